The lowest BCUT2D eigenvalue weighted by Gasteiger charge is -2.08. The molecule has 1 heterocycles. The average Bonchev–Trinajstić information content (AvgIpc) is 2.17. The molecule has 0 radical (unpaired) electrons. The lowest BCUT2D eigenvalue weighted by molar-refractivity contribution is 1.33. The fraction of sp³-hybridized carbons (Fsp3) is 0.250. The number of fused-ring (bicyclic) bond motifs is 1. The van der Waals surface area contributed by atoms with E-state index in [4.69, 9.17) is 0 Å². The third-order valence-corrected chi connectivity index (χ3v) is 2.45. The zero-order valence-electron chi connectivity index (χ0n) is 8.76. The van der Waals surface area contributed by atoms with Gasteiger partial charge in [0.15, 0.2) is 0 Å². The molecule has 2 rings (SSSR count). The minimum absolute atomic E-state index is 1.09. The highest BCUT2D eigenvalue weighted by atomic mass is 14.8. The van der Waals surface area contributed by atoms with Gasteiger partial charge in [0.1, 0.15) is 0 Å². The van der Waals surface area contributed by atoms with Gasteiger partial charge < -0.3 is 5.32 Å². The number of pyridine rings is 1. The van der Waals surface area contributed by atoms with E-state index in [0.29, 0.717) is 0 Å². The molecule has 0 atom stereocenters. The fourth-order valence-corrected chi connectivity index (χ4v) is 1.83. The second kappa shape index (κ2) is 3.29. The first-order valence-electron chi connectivity index (χ1n) is 4.76. The molecule has 2 aromatic rings. The first kappa shape index (κ1) is 9.00. The maximum Gasteiger partial charge on any atom is 0.0752 e. The number of hydrogen-bond acceptors (Lipinski definition) is 2. The van der Waals surface area contributed by atoms with Crippen molar-refractivity contribution in [2.24, 2.45) is 0 Å². The second-order valence-electron chi connectivity index (χ2n) is 3.59. The molecule has 72 valence electrons. The Morgan fingerprint density at radius 2 is 2.00 bits per heavy atom. The van der Waals surface area contributed by atoms with E-state index in [2.05, 4.69) is 36.3 Å². The van der Waals surface area contributed by atoms with Gasteiger partial charge in [0.25, 0.3) is 0 Å². The fourth-order valence-electron chi connectivity index (χ4n) is 1.83. The summed E-state index contributed by atoms with van der Waals surface area (Å²) in [6, 6.07) is 6.33. The summed E-state index contributed by atoms with van der Waals surface area (Å²) >= 11 is 0. The number of nitrogens with one attached hydrogen (secondary N) is 1. The molecular weight excluding hydrogens is 172 g/mol. The predicted molar refractivity (Wildman–Crippen MR) is 60.8 cm³/mol. The van der Waals surface area contributed by atoms with Crippen LogP contribution in [0.1, 0.15) is 11.1 Å². The van der Waals surface area contributed by atoms with Crippen LogP contribution in [0.4, 0.5) is 5.69 Å². The molecule has 0 aliphatic carbocycles. The Balaban J connectivity index is 2.86. The molecule has 14 heavy (non-hydrogen) atoms. The van der Waals surface area contributed by atoms with Crippen LogP contribution in [0.2, 0.25) is 0 Å². The van der Waals surface area contributed by atoms with E-state index in [9.17, 15) is 0 Å². The summed E-state index contributed by atoms with van der Waals surface area (Å²) in [6.07, 6.45) is 1.84. The standard InChI is InChI=1S/C12H14N2/c1-8-6-9(2)12-10(7-8)11(13-3)4-5-14-12/h4-7H,1-3H3,(H,13,14). The van der Waals surface area contributed by atoms with E-state index in [0.717, 1.165) is 11.2 Å². The number of aryl methyl sites for hydroxylation is 2. The number of benzene rings is 1. The number of hydrogen-bond donors (Lipinski definition) is 1. The topological polar surface area (TPSA) is 24.9 Å². The van der Waals surface area contributed by atoms with Gasteiger partial charge in [-0.2, -0.15) is 0 Å². The Hall–Kier alpha value is -1.57. The Kier molecular flexibility index (Phi) is 2.12. The number of anilines is 1. The number of rotatable bonds is 1. The van der Waals surface area contributed by atoms with Crippen LogP contribution in [0.5, 0.6) is 0 Å². The lowest BCUT2D eigenvalue weighted by Crippen LogP contribution is -1.92. The van der Waals surface area contributed by atoms with Crippen LogP contribution in [0.3, 0.4) is 0 Å². The van der Waals surface area contributed by atoms with Crippen molar-refractivity contribution in [3.8, 4) is 0 Å². The van der Waals surface area contributed by atoms with Gasteiger partial charge >= 0.3 is 0 Å². The molecule has 0 fully saturated rings. The van der Waals surface area contributed by atoms with Crippen LogP contribution < -0.4 is 5.32 Å². The Bertz CT molecular complexity index is 475. The van der Waals surface area contributed by atoms with E-state index < -0.39 is 0 Å². The van der Waals surface area contributed by atoms with Crippen LogP contribution in [-0.2, 0) is 0 Å². The third-order valence-electron chi connectivity index (χ3n) is 2.45. The van der Waals surface area contributed by atoms with Gasteiger partial charge in [-0.15, -0.1) is 0 Å². The highest BCUT2D eigenvalue weighted by Gasteiger charge is 2.03. The molecule has 0 saturated heterocycles. The summed E-state index contributed by atoms with van der Waals surface area (Å²) < 4.78 is 0. The van der Waals surface area contributed by atoms with Gasteiger partial charge in [0.05, 0.1) is 5.52 Å². The Labute approximate surface area is 84.0 Å². The van der Waals surface area contributed by atoms with Crippen molar-refractivity contribution in [3.63, 3.8) is 0 Å². The molecule has 1 aromatic carbocycles. The highest BCUT2D eigenvalue weighted by molar-refractivity contribution is 5.93. The summed E-state index contributed by atoms with van der Waals surface area (Å²) in [6.45, 7) is 4.21. The van der Waals surface area contributed by atoms with E-state index in [-0.39, 0.29) is 0 Å². The van der Waals surface area contributed by atoms with Crippen molar-refractivity contribution in [2.45, 2.75) is 13.8 Å². The van der Waals surface area contributed by atoms with Gasteiger partial charge in [-0.25, -0.2) is 0 Å². The van der Waals surface area contributed by atoms with Crippen molar-refractivity contribution >= 4 is 16.6 Å². The molecule has 1 aromatic heterocycles. The minimum atomic E-state index is 1.09. The van der Waals surface area contributed by atoms with E-state index >= 15 is 0 Å². The molecule has 0 aliphatic heterocycles. The van der Waals surface area contributed by atoms with Crippen molar-refractivity contribution < 1.29 is 0 Å². The van der Waals surface area contributed by atoms with Crippen LogP contribution >= 0.6 is 0 Å². The second-order valence-corrected chi connectivity index (χ2v) is 3.59. The normalized spacial score (nSPS) is 10.5. The summed E-state index contributed by atoms with van der Waals surface area (Å²) in [5.41, 5.74) is 4.74. The number of aromatic nitrogens is 1. The molecule has 0 saturated carbocycles. The minimum Gasteiger partial charge on any atom is -0.388 e. The molecule has 1 N–H and O–H groups in total. The predicted octanol–water partition coefficient (Wildman–Crippen LogP) is 2.89. The van der Waals surface area contributed by atoms with Gasteiger partial charge in [0, 0.05) is 24.3 Å². The summed E-state index contributed by atoms with van der Waals surface area (Å²) in [7, 11) is 1.94. The van der Waals surface area contributed by atoms with Crippen molar-refractivity contribution in [1.82, 2.24) is 4.98 Å². The first-order valence-corrected chi connectivity index (χ1v) is 4.76. The van der Waals surface area contributed by atoms with E-state index in [1.807, 2.05) is 19.3 Å². The molecule has 0 amide bonds. The summed E-state index contributed by atoms with van der Waals surface area (Å²) in [4.78, 5) is 4.39. The van der Waals surface area contributed by atoms with Gasteiger partial charge in [0.2, 0.25) is 0 Å². The molecular formula is C12H14N2. The Morgan fingerprint density at radius 3 is 2.71 bits per heavy atom. The van der Waals surface area contributed by atoms with Crippen LogP contribution in [0.25, 0.3) is 10.9 Å². The average molecular weight is 186 g/mol. The van der Waals surface area contributed by atoms with Crippen molar-refractivity contribution in [1.29, 1.82) is 0 Å². The summed E-state index contributed by atoms with van der Waals surface area (Å²) in [5.74, 6) is 0. The van der Waals surface area contributed by atoms with Crippen LogP contribution in [0, 0.1) is 13.8 Å². The van der Waals surface area contributed by atoms with Crippen molar-refractivity contribution in [2.75, 3.05) is 12.4 Å². The molecule has 0 spiro atoms. The van der Waals surface area contributed by atoms with Gasteiger partial charge in [-0.1, -0.05) is 11.6 Å². The number of nitrogens with zero attached hydrogens (tertiary/aromatic N) is 1. The highest BCUT2D eigenvalue weighted by Crippen LogP contribution is 2.24. The van der Waals surface area contributed by atoms with E-state index in [1.165, 1.54) is 16.5 Å². The van der Waals surface area contributed by atoms with Crippen molar-refractivity contribution in [3.05, 3.63) is 35.5 Å². The monoisotopic (exact) mass is 186 g/mol. The quantitative estimate of drug-likeness (QED) is 0.740. The van der Waals surface area contributed by atoms with Crippen LogP contribution in [-0.4, -0.2) is 12.0 Å². The largest absolute Gasteiger partial charge is 0.388 e. The molecule has 2 nitrogen and oxygen atoms in total. The SMILES string of the molecule is CNc1ccnc2c(C)cc(C)cc12. The Morgan fingerprint density at radius 1 is 1.21 bits per heavy atom. The molecule has 2 heteroatoms. The van der Waals surface area contributed by atoms with Gasteiger partial charge in [-0.3, -0.25) is 4.98 Å². The van der Waals surface area contributed by atoms with Gasteiger partial charge in [-0.05, 0) is 31.5 Å². The van der Waals surface area contributed by atoms with Crippen LogP contribution in [0.15, 0.2) is 24.4 Å². The maximum atomic E-state index is 4.39. The zero-order chi connectivity index (χ0) is 10.1. The molecule has 0 unspecified atom stereocenters. The third kappa shape index (κ3) is 1.33. The molecule has 0 aliphatic rings. The van der Waals surface area contributed by atoms with E-state index in [1.54, 1.807) is 0 Å². The smallest absolute Gasteiger partial charge is 0.0752 e. The zero-order valence-corrected chi connectivity index (χ0v) is 8.76. The first-order chi connectivity index (χ1) is 6.72. The maximum absolute atomic E-state index is 4.39. The lowest BCUT2D eigenvalue weighted by atomic mass is 10.1. The molecule has 0 bridgehead atoms. The summed E-state index contributed by atoms with van der Waals surface area (Å²) in [5, 5.41) is 4.39.